The number of benzene rings is 1. The van der Waals surface area contributed by atoms with Crippen LogP contribution in [0.4, 0.5) is 8.78 Å². The lowest BCUT2D eigenvalue weighted by Gasteiger charge is -2.26. The number of hydrogen-bond acceptors (Lipinski definition) is 10. The van der Waals surface area contributed by atoms with Gasteiger partial charge in [-0.25, -0.2) is 9.36 Å². The van der Waals surface area contributed by atoms with Crippen molar-refractivity contribution in [3.63, 3.8) is 0 Å². The molecular weight excluding hydrogens is 597 g/mol. The topological polar surface area (TPSA) is 252 Å². The van der Waals surface area contributed by atoms with Crippen LogP contribution in [0.5, 0.6) is 5.75 Å². The molecule has 0 spiro atoms. The molecule has 2 aromatic rings. The van der Waals surface area contributed by atoms with Gasteiger partial charge in [0.1, 0.15) is 12.0 Å². The molecule has 0 aliphatic carbocycles. The van der Waals surface area contributed by atoms with Gasteiger partial charge in [-0.05, 0) is 24.6 Å². The molecule has 0 amide bonds. The zero-order chi connectivity index (χ0) is 29.2. The molecular formula is C17H20F2N5O12P3. The zero-order valence-corrected chi connectivity index (χ0v) is 22.2. The summed E-state index contributed by atoms with van der Waals surface area (Å²) in [4.78, 5) is 55.9. The van der Waals surface area contributed by atoms with Crippen molar-refractivity contribution in [1.82, 2.24) is 9.55 Å². The van der Waals surface area contributed by atoms with Gasteiger partial charge in [-0.3, -0.25) is 28.0 Å². The van der Waals surface area contributed by atoms with Gasteiger partial charge >= 0.3 is 34.1 Å². The zero-order valence-electron chi connectivity index (χ0n) is 19.5. The lowest BCUT2D eigenvalue weighted by molar-refractivity contribution is -0.0264. The van der Waals surface area contributed by atoms with E-state index in [1.54, 1.807) is 0 Å². The first-order valence-corrected chi connectivity index (χ1v) is 15.1. The number of phosphoric ester groups is 1. The summed E-state index contributed by atoms with van der Waals surface area (Å²) in [5, 5.41) is -2.23. The van der Waals surface area contributed by atoms with Crippen molar-refractivity contribution < 1.29 is 55.3 Å². The van der Waals surface area contributed by atoms with E-state index in [1.165, 1.54) is 25.1 Å². The number of aromatic amines is 1. The number of H-pyrrole nitrogens is 1. The first kappa shape index (κ1) is 30.9. The highest BCUT2D eigenvalue weighted by molar-refractivity contribution is 7.75. The summed E-state index contributed by atoms with van der Waals surface area (Å²) in [5.41, 5.74) is 7.46. The number of nitrogens with one attached hydrogen (secondary N) is 1. The summed E-state index contributed by atoms with van der Waals surface area (Å²) in [5.74, 6) is -0.382. The maximum absolute atomic E-state index is 14.0. The molecule has 4 N–H and O–H groups in total. The van der Waals surface area contributed by atoms with Crippen LogP contribution in [0.2, 0.25) is 0 Å². The SMILES string of the molecule is Cc1cn([C@H]2C[C@H](N=[N+]=[N-])[C@@H](CO[P@@](=O)(Oc3ccccc3)OP(=O)(O)C(F)(F)P(=O)(O)O)O2)c(=O)[nH]c1=O. The molecule has 1 aromatic heterocycles. The molecule has 1 aromatic carbocycles. The number of para-hydroxylation sites is 1. The predicted octanol–water partition coefficient (Wildman–Crippen LogP) is 2.95. The van der Waals surface area contributed by atoms with Crippen LogP contribution in [0.15, 0.2) is 51.2 Å². The van der Waals surface area contributed by atoms with Gasteiger partial charge in [-0.1, -0.05) is 23.3 Å². The van der Waals surface area contributed by atoms with Crippen molar-refractivity contribution in [3.8, 4) is 5.75 Å². The van der Waals surface area contributed by atoms with E-state index in [9.17, 15) is 37.0 Å². The van der Waals surface area contributed by atoms with Gasteiger partial charge in [0.15, 0.2) is 0 Å². The molecule has 5 atom stereocenters. The molecule has 0 bridgehead atoms. The van der Waals surface area contributed by atoms with Crippen LogP contribution in [0, 0.1) is 6.92 Å². The van der Waals surface area contributed by atoms with E-state index in [1.807, 2.05) is 4.98 Å². The van der Waals surface area contributed by atoms with Crippen molar-refractivity contribution in [2.75, 3.05) is 6.61 Å². The van der Waals surface area contributed by atoms with Crippen molar-refractivity contribution >= 4 is 23.0 Å². The van der Waals surface area contributed by atoms with E-state index in [4.69, 9.17) is 29.1 Å². The number of phosphoric acid groups is 1. The van der Waals surface area contributed by atoms with Gasteiger partial charge in [0.05, 0.1) is 18.8 Å². The molecule has 2 heterocycles. The smallest absolute Gasteiger partial charge is 0.404 e. The fourth-order valence-corrected chi connectivity index (χ4v) is 7.42. The molecule has 1 fully saturated rings. The van der Waals surface area contributed by atoms with Gasteiger partial charge in [0.25, 0.3) is 5.56 Å². The quantitative estimate of drug-likeness (QED) is 0.123. The Morgan fingerprint density at radius 1 is 1.23 bits per heavy atom. The Morgan fingerprint density at radius 2 is 1.87 bits per heavy atom. The Morgan fingerprint density at radius 3 is 2.46 bits per heavy atom. The van der Waals surface area contributed by atoms with Gasteiger partial charge in [0, 0.05) is 23.1 Å². The lowest BCUT2D eigenvalue weighted by atomic mass is 10.1. The van der Waals surface area contributed by atoms with Crippen molar-refractivity contribution in [2.45, 2.75) is 37.1 Å². The molecule has 0 saturated carbocycles. The van der Waals surface area contributed by atoms with Crippen LogP contribution < -0.4 is 15.8 Å². The number of aryl methyl sites for hydroxylation is 1. The summed E-state index contributed by atoms with van der Waals surface area (Å²) in [6, 6.07) is 5.22. The molecule has 1 saturated heterocycles. The van der Waals surface area contributed by atoms with E-state index in [2.05, 4.69) is 14.3 Å². The highest BCUT2D eigenvalue weighted by atomic mass is 31.3. The van der Waals surface area contributed by atoms with E-state index >= 15 is 0 Å². The van der Waals surface area contributed by atoms with Crippen LogP contribution in [0.3, 0.4) is 0 Å². The average molecular weight is 617 g/mol. The Balaban J connectivity index is 1.91. The molecule has 0 radical (unpaired) electrons. The third-order valence-corrected chi connectivity index (χ3v) is 10.6. The van der Waals surface area contributed by atoms with Crippen molar-refractivity contribution in [2.24, 2.45) is 5.11 Å². The van der Waals surface area contributed by atoms with Crippen molar-refractivity contribution in [1.29, 1.82) is 0 Å². The Bertz CT molecular complexity index is 1520. The second-order valence-corrected chi connectivity index (χ2v) is 13.5. The van der Waals surface area contributed by atoms with Crippen LogP contribution >= 0.6 is 23.0 Å². The van der Waals surface area contributed by atoms with Crippen LogP contribution in [-0.4, -0.2) is 48.4 Å². The van der Waals surface area contributed by atoms with E-state index in [-0.39, 0.29) is 17.7 Å². The van der Waals surface area contributed by atoms with E-state index in [0.29, 0.717) is 0 Å². The van der Waals surface area contributed by atoms with Crippen LogP contribution in [0.1, 0.15) is 18.2 Å². The number of aromatic nitrogens is 2. The first-order chi connectivity index (χ1) is 18.0. The standard InChI is InChI=1S/C17H20F2N5O12P3/c1-10-8-24(16(26)21-15(10)25)14-7-12(22-23-20)13(34-14)9-33-39(32,35-11-5-3-2-4-6-11)36-38(30,31)17(18,19)37(27,28)29/h2-6,8,12-14H,7,9H2,1H3,(H,30,31)(H,21,25,26)(H2,27,28,29)/t12-,13+,14+,39-/m0/s1. The average Bonchev–Trinajstić information content (AvgIpc) is 3.22. The third kappa shape index (κ3) is 6.91. The molecule has 1 unspecified atom stereocenters. The Hall–Kier alpha value is -2.68. The maximum atomic E-state index is 14.0. The van der Waals surface area contributed by atoms with Gasteiger partial charge in [0.2, 0.25) is 0 Å². The summed E-state index contributed by atoms with van der Waals surface area (Å²) >= 11 is 0. The van der Waals surface area contributed by atoms with Crippen LogP contribution in [-0.2, 0) is 27.3 Å². The minimum Gasteiger partial charge on any atom is -0.404 e. The normalized spacial score (nSPS) is 22.9. The monoisotopic (exact) mass is 617 g/mol. The molecule has 1 aliphatic heterocycles. The maximum Gasteiger partial charge on any atom is 0.537 e. The summed E-state index contributed by atoms with van der Waals surface area (Å²) in [7, 11) is -19.0. The summed E-state index contributed by atoms with van der Waals surface area (Å²) < 4.78 is 85.1. The number of alkyl halides is 2. The second-order valence-electron chi connectivity index (χ2n) is 7.92. The second kappa shape index (κ2) is 11.4. The van der Waals surface area contributed by atoms with E-state index in [0.717, 1.165) is 22.9 Å². The summed E-state index contributed by atoms with van der Waals surface area (Å²) in [6.07, 6.45) is -1.60. The van der Waals surface area contributed by atoms with Crippen LogP contribution in [0.25, 0.3) is 10.4 Å². The number of hydrogen-bond donors (Lipinski definition) is 4. The van der Waals surface area contributed by atoms with Gasteiger partial charge in [-0.15, -0.1) is 0 Å². The molecule has 1 aliphatic rings. The van der Waals surface area contributed by atoms with Gasteiger partial charge in [-0.2, -0.15) is 13.1 Å². The van der Waals surface area contributed by atoms with Crippen molar-refractivity contribution in [3.05, 3.63) is 73.4 Å². The number of azide groups is 1. The largest absolute Gasteiger partial charge is 0.537 e. The highest BCUT2D eigenvalue weighted by Gasteiger charge is 2.67. The Labute approximate surface area is 216 Å². The number of rotatable bonds is 11. The summed E-state index contributed by atoms with van der Waals surface area (Å²) in [6.45, 7) is 0.410. The Kier molecular flexibility index (Phi) is 9.05. The highest BCUT2D eigenvalue weighted by Crippen LogP contribution is 2.78. The molecule has 214 valence electrons. The molecule has 39 heavy (non-hydrogen) atoms. The molecule has 22 heteroatoms. The first-order valence-electron chi connectivity index (χ1n) is 10.5. The predicted molar refractivity (Wildman–Crippen MR) is 126 cm³/mol. The lowest BCUT2D eigenvalue weighted by Crippen LogP contribution is -2.33. The molecule has 3 rings (SSSR count). The number of ether oxygens (including phenoxy) is 1. The third-order valence-electron chi connectivity index (χ3n) is 5.12. The number of halogens is 2. The van der Waals surface area contributed by atoms with Gasteiger partial charge < -0.3 is 23.9 Å². The fourth-order valence-electron chi connectivity index (χ4n) is 3.21. The van der Waals surface area contributed by atoms with E-state index < -0.39 is 64.6 Å². The minimum atomic E-state index is -6.75. The number of nitrogens with zero attached hydrogens (tertiary/aromatic N) is 4. The minimum absolute atomic E-state index is 0.122. The fraction of sp³-hybridized carbons (Fsp3) is 0.412. The molecule has 17 nitrogen and oxygen atoms in total.